The van der Waals surface area contributed by atoms with Gasteiger partial charge in [0.15, 0.2) is 29.0 Å². The van der Waals surface area contributed by atoms with Crippen LogP contribution in [-0.4, -0.2) is 127 Å². The summed E-state index contributed by atoms with van der Waals surface area (Å²) in [6, 6.07) is 32.5. The van der Waals surface area contributed by atoms with E-state index in [1.54, 1.807) is 61.1 Å². The predicted octanol–water partition coefficient (Wildman–Crippen LogP) is 18.5. The van der Waals surface area contributed by atoms with Gasteiger partial charge < -0.3 is 75.0 Å². The van der Waals surface area contributed by atoms with Crippen LogP contribution >= 0.6 is 34.8 Å². The predicted molar refractivity (Wildman–Crippen MR) is 404 cm³/mol. The van der Waals surface area contributed by atoms with Crippen molar-refractivity contribution in [3.63, 3.8) is 0 Å². The largest absolute Gasteiger partial charge is 0.457 e. The fourth-order valence-corrected chi connectivity index (χ4v) is 11.7. The van der Waals surface area contributed by atoms with Crippen LogP contribution in [0.5, 0.6) is 34.5 Å². The molecule has 0 radical (unpaired) electrons. The van der Waals surface area contributed by atoms with Crippen molar-refractivity contribution >= 4 is 138 Å². The van der Waals surface area contributed by atoms with Crippen molar-refractivity contribution in [3.05, 3.63) is 232 Å². The first-order valence-corrected chi connectivity index (χ1v) is 35.0. The average Bonchev–Trinajstić information content (AvgIpc) is 0.811. The van der Waals surface area contributed by atoms with Gasteiger partial charge in [-0.1, -0.05) is 34.8 Å². The average molecular weight is 1600 g/mol. The Kier molecular flexibility index (Phi) is 24.5. The Hall–Kier alpha value is -12.3. The highest BCUT2D eigenvalue weighted by molar-refractivity contribution is 6.32. The van der Waals surface area contributed by atoms with E-state index < -0.39 is 75.5 Å². The molecule has 15 rings (SSSR count). The van der Waals surface area contributed by atoms with Crippen LogP contribution in [0, 0.1) is 34.9 Å². The minimum absolute atomic E-state index is 0.0302. The van der Waals surface area contributed by atoms with Gasteiger partial charge in [0.05, 0.1) is 118 Å². The molecule has 36 heteroatoms. The van der Waals surface area contributed by atoms with E-state index in [-0.39, 0.29) is 61.4 Å². The highest BCUT2D eigenvalue weighted by atomic mass is 35.5. The van der Waals surface area contributed by atoms with Crippen molar-refractivity contribution in [2.75, 3.05) is 126 Å². The lowest BCUT2D eigenvalue weighted by Gasteiger charge is -2.27. The van der Waals surface area contributed by atoms with Gasteiger partial charge in [0.1, 0.15) is 57.9 Å². The monoisotopic (exact) mass is 1600 g/mol. The summed E-state index contributed by atoms with van der Waals surface area (Å²) in [5, 5.41) is 13.4. The fourth-order valence-electron chi connectivity index (χ4n) is 11.2. The van der Waals surface area contributed by atoms with E-state index in [2.05, 4.69) is 71.6 Å². The maximum Gasteiger partial charge on any atom is 0.417 e. The molecule has 12 aromatic rings. The molecule has 6 N–H and O–H groups in total. The summed E-state index contributed by atoms with van der Waals surface area (Å²) in [4.78, 5) is 70.0. The normalized spacial score (nSPS) is 13.6. The van der Waals surface area contributed by atoms with E-state index in [9.17, 15) is 53.9 Å². The first-order chi connectivity index (χ1) is 53.9. The van der Waals surface area contributed by atoms with Crippen molar-refractivity contribution in [2.24, 2.45) is 0 Å². The Labute approximate surface area is 644 Å². The molecule has 0 unspecified atom stereocenters. The Morgan fingerprint density at radius 3 is 1.13 bits per heavy atom. The van der Waals surface area contributed by atoms with Crippen LogP contribution in [0.4, 0.5) is 105 Å². The highest BCUT2D eigenvalue weighted by Gasteiger charge is 2.34. The third kappa shape index (κ3) is 20.2. The molecule has 3 aliphatic heterocycles. The molecule has 9 aromatic carbocycles. The van der Waals surface area contributed by atoms with Gasteiger partial charge in [0.25, 0.3) is 0 Å². The quantitative estimate of drug-likeness (QED) is 0.0521. The molecule has 0 atom stereocenters. The number of urea groups is 3. The summed E-state index contributed by atoms with van der Waals surface area (Å²) in [5.74, 6) is -2.46. The van der Waals surface area contributed by atoms with E-state index >= 15 is 0 Å². The molecule has 576 valence electrons. The molecular formula is C76H59Cl3F9N15O9. The second-order valence-corrected chi connectivity index (χ2v) is 25.7. The number of benzene rings is 9. The van der Waals surface area contributed by atoms with Crippen LogP contribution in [0.15, 0.2) is 176 Å². The number of amides is 6. The summed E-state index contributed by atoms with van der Waals surface area (Å²) in [6.07, 6.45) is 0.349. The summed E-state index contributed by atoms with van der Waals surface area (Å²) in [7, 11) is 0. The number of carbonyl (C=O) groups is 3. The third-order valence-electron chi connectivity index (χ3n) is 16.7. The molecule has 0 saturated carbocycles. The van der Waals surface area contributed by atoms with Crippen molar-refractivity contribution in [3.8, 4) is 34.5 Å². The van der Waals surface area contributed by atoms with E-state index in [0.29, 0.717) is 109 Å². The van der Waals surface area contributed by atoms with Crippen LogP contribution in [0.1, 0.15) is 5.56 Å². The number of morpholine rings is 3. The summed E-state index contributed by atoms with van der Waals surface area (Å²) in [5.41, 5.74) is 2.46. The molecule has 3 aromatic heterocycles. The van der Waals surface area contributed by atoms with Crippen molar-refractivity contribution in [2.45, 2.75) is 6.18 Å². The molecule has 6 heterocycles. The minimum Gasteiger partial charge on any atom is -0.457 e. The molecular weight excluding hydrogens is 1540 g/mol. The zero-order chi connectivity index (χ0) is 78.6. The van der Waals surface area contributed by atoms with Gasteiger partial charge in [-0.25, -0.2) is 55.7 Å². The molecule has 0 bridgehead atoms. The van der Waals surface area contributed by atoms with Gasteiger partial charge in [-0.05, 0) is 115 Å². The third-order valence-corrected chi connectivity index (χ3v) is 17.7. The molecule has 0 aliphatic carbocycles. The standard InChI is InChI=1S/C26H19ClF5N5O3.2C25H20ClF2N5O3/c27-18-3-1-14(9-17(18)26(30,31)32)34-25(38)35-15-10-19(28)24(20(29)11-15)40-16-2-4-21-22(12-16)36-23(13-33-21)37-5-7-39-8-6-37;26-18-4-1-15(11-19(18)27)30-25(34)31-16-2-6-23(20(28)12-16)36-17-3-5-21-22(13-17)32-24(14-29-21)33-7-9-35-10-8-33;26-18-4-1-15(11-19(18)27)30-25(34)32-21-5-2-16(12-20(21)28)36-17-3-6-22-23(13-17)31-24(14-29-22)33-7-9-35-10-8-33/h1-4,9-13H,5-8H2,(H2,34,35,38);1-6,11-14H,7-10H2,(H2,30,31,34);1-6,11-14H,7-10H2,(H2,30,32,34). The number of fused-ring (bicyclic) bond motifs is 3. The maximum atomic E-state index is 14.8. The zero-order valence-corrected chi connectivity index (χ0v) is 60.2. The van der Waals surface area contributed by atoms with Crippen molar-refractivity contribution < 1.29 is 82.3 Å². The number of aromatic nitrogens is 6. The van der Waals surface area contributed by atoms with Gasteiger partial charge in [-0.15, -0.1) is 0 Å². The Morgan fingerprint density at radius 2 is 0.714 bits per heavy atom. The molecule has 3 saturated heterocycles. The van der Waals surface area contributed by atoms with Crippen LogP contribution < -0.4 is 60.8 Å². The Morgan fingerprint density at radius 1 is 0.357 bits per heavy atom. The number of hydrogen-bond donors (Lipinski definition) is 6. The van der Waals surface area contributed by atoms with E-state index in [1.165, 1.54) is 60.7 Å². The van der Waals surface area contributed by atoms with Gasteiger partial charge in [-0.2, -0.15) is 13.2 Å². The number of anilines is 9. The lowest BCUT2D eigenvalue weighted by Crippen LogP contribution is -2.36. The van der Waals surface area contributed by atoms with Crippen LogP contribution in [0.25, 0.3) is 33.1 Å². The smallest absolute Gasteiger partial charge is 0.417 e. The lowest BCUT2D eigenvalue weighted by molar-refractivity contribution is -0.137. The zero-order valence-electron chi connectivity index (χ0n) is 58.0. The molecule has 112 heavy (non-hydrogen) atoms. The van der Waals surface area contributed by atoms with E-state index in [1.807, 2.05) is 4.90 Å². The number of nitrogens with one attached hydrogen (secondary N) is 6. The first kappa shape index (κ1) is 77.9. The van der Waals surface area contributed by atoms with Gasteiger partial charge >= 0.3 is 24.3 Å². The number of alkyl halides is 3. The number of carbonyl (C=O) groups excluding carboxylic acids is 3. The minimum atomic E-state index is -4.74. The first-order valence-electron chi connectivity index (χ1n) is 33.9. The number of nitrogens with zero attached hydrogens (tertiary/aromatic N) is 9. The molecule has 6 amide bonds. The van der Waals surface area contributed by atoms with Crippen molar-refractivity contribution in [1.82, 2.24) is 29.9 Å². The van der Waals surface area contributed by atoms with E-state index in [4.69, 9.17) is 63.2 Å². The summed E-state index contributed by atoms with van der Waals surface area (Å²) < 4.78 is 158. The molecule has 24 nitrogen and oxygen atoms in total. The highest BCUT2D eigenvalue weighted by Crippen LogP contribution is 2.38. The number of halogens is 12. The number of hydrogen-bond acceptors (Lipinski definition) is 18. The Balaban J connectivity index is 0.000000147. The lowest BCUT2D eigenvalue weighted by atomic mass is 10.2. The van der Waals surface area contributed by atoms with Crippen LogP contribution in [-0.2, 0) is 20.4 Å². The molecule has 0 spiro atoms. The Bertz CT molecular complexity index is 5480. The topological polar surface area (TPSA) is 266 Å². The molecule has 3 fully saturated rings. The van der Waals surface area contributed by atoms with Crippen molar-refractivity contribution in [1.29, 1.82) is 0 Å². The van der Waals surface area contributed by atoms with Crippen LogP contribution in [0.2, 0.25) is 15.1 Å². The summed E-state index contributed by atoms with van der Waals surface area (Å²) >= 11 is 16.8. The number of rotatable bonds is 15. The van der Waals surface area contributed by atoms with Gasteiger partial charge in [0, 0.05) is 110 Å². The van der Waals surface area contributed by atoms with E-state index in [0.717, 1.165) is 86.3 Å². The van der Waals surface area contributed by atoms with Gasteiger partial charge in [0.2, 0.25) is 0 Å². The second kappa shape index (κ2) is 35.2. The molecule has 3 aliphatic rings. The van der Waals surface area contributed by atoms with Gasteiger partial charge in [-0.3, -0.25) is 15.0 Å². The summed E-state index contributed by atoms with van der Waals surface area (Å²) in [6.45, 7) is 7.92. The fraction of sp³-hybridized carbons (Fsp3) is 0.171. The van der Waals surface area contributed by atoms with Crippen LogP contribution in [0.3, 0.4) is 0 Å². The second-order valence-electron chi connectivity index (χ2n) is 24.5. The number of ether oxygens (including phenoxy) is 6. The SMILES string of the molecule is O=C(Nc1cc(F)c(Oc2ccc3ncc(N4CCOCC4)nc3c2)c(F)c1)Nc1ccc(Cl)c(C(F)(F)F)c1.O=C(Nc1ccc(Cl)c(F)c1)Nc1ccc(Oc2ccc3ncc(N4CCOCC4)nc3c2)c(F)c1.O=C(Nc1ccc(Cl)c(F)c1)Nc1ccc(Oc2ccc3ncc(N4CCOCC4)nc3c2)cc1F. The maximum absolute atomic E-state index is 14.8.